The van der Waals surface area contributed by atoms with Crippen LogP contribution in [-0.2, 0) is 33.6 Å². The monoisotopic (exact) mass is 560 g/mol. The van der Waals surface area contributed by atoms with Crippen molar-refractivity contribution in [3.63, 3.8) is 0 Å². The fourth-order valence-electron chi connectivity index (χ4n) is 6.96. The summed E-state index contributed by atoms with van der Waals surface area (Å²) in [4.78, 5) is 43.3. The van der Waals surface area contributed by atoms with E-state index in [-0.39, 0.29) is 29.7 Å². The van der Waals surface area contributed by atoms with E-state index >= 15 is 0 Å². The predicted molar refractivity (Wildman–Crippen MR) is 154 cm³/mol. The van der Waals surface area contributed by atoms with Gasteiger partial charge in [-0.25, -0.2) is 0 Å². The van der Waals surface area contributed by atoms with Crippen molar-refractivity contribution in [1.29, 1.82) is 0 Å². The number of aliphatic hydroxyl groups is 3. The highest BCUT2D eigenvalue weighted by atomic mass is 16.3. The molecule has 0 aromatic heterocycles. The number of phenols is 1. The van der Waals surface area contributed by atoms with Crippen molar-refractivity contribution in [2.75, 3.05) is 33.1 Å². The van der Waals surface area contributed by atoms with Gasteiger partial charge in [-0.1, -0.05) is 30.3 Å². The van der Waals surface area contributed by atoms with Crippen LogP contribution in [0.4, 0.5) is 5.69 Å². The fourth-order valence-corrected chi connectivity index (χ4v) is 6.96. The van der Waals surface area contributed by atoms with E-state index in [1.807, 2.05) is 55.4 Å². The van der Waals surface area contributed by atoms with E-state index in [2.05, 4.69) is 0 Å². The molecule has 0 radical (unpaired) electrons. The molecule has 1 saturated carbocycles. The van der Waals surface area contributed by atoms with Crippen molar-refractivity contribution in [3.05, 3.63) is 75.6 Å². The van der Waals surface area contributed by atoms with Crippen LogP contribution in [0.3, 0.4) is 0 Å². The van der Waals surface area contributed by atoms with E-state index in [0.29, 0.717) is 24.0 Å². The fraction of sp³-hybridized carbons (Fsp3) is 0.406. The normalized spacial score (nSPS) is 25.7. The number of anilines is 1. The quantitative estimate of drug-likeness (QED) is 0.393. The molecule has 0 amide bonds. The number of fused-ring (bicyclic) bond motifs is 3. The average Bonchev–Trinajstić information content (AvgIpc) is 2.90. The Kier molecular flexibility index (Phi) is 7.07. The first-order valence-corrected chi connectivity index (χ1v) is 13.8. The van der Waals surface area contributed by atoms with Crippen molar-refractivity contribution >= 4 is 28.8 Å². The van der Waals surface area contributed by atoms with Gasteiger partial charge < -0.3 is 25.3 Å². The highest BCUT2D eigenvalue weighted by Gasteiger charge is 2.64. The van der Waals surface area contributed by atoms with Gasteiger partial charge in [-0.15, -0.1) is 0 Å². The largest absolute Gasteiger partial charge is 0.508 e. The molecule has 0 unspecified atom stereocenters. The molecular formula is C32H36N2O7. The van der Waals surface area contributed by atoms with Crippen LogP contribution in [0.2, 0.25) is 0 Å². The zero-order valence-corrected chi connectivity index (χ0v) is 23.9. The van der Waals surface area contributed by atoms with Crippen LogP contribution in [0.15, 0.2) is 53.3 Å². The van der Waals surface area contributed by atoms with Crippen LogP contribution in [0.5, 0.6) is 5.75 Å². The molecule has 4 atom stereocenters. The zero-order chi connectivity index (χ0) is 30.0. The number of carbonyl (C=O) groups is 3. The summed E-state index contributed by atoms with van der Waals surface area (Å²) in [5.74, 6) is -5.57. The molecule has 0 heterocycles. The first kappa shape index (κ1) is 28.6. The number of hydrogen-bond acceptors (Lipinski definition) is 9. The number of carbonyl (C=O) groups excluding carboxylic acids is 3. The molecule has 216 valence electrons. The number of aromatic hydroxyl groups is 1. The van der Waals surface area contributed by atoms with Crippen LogP contribution in [0.1, 0.15) is 35.6 Å². The summed E-state index contributed by atoms with van der Waals surface area (Å²) in [6.45, 7) is 1.10. The second-order valence-corrected chi connectivity index (χ2v) is 11.8. The lowest BCUT2D eigenvalue weighted by molar-refractivity contribution is -0.153. The summed E-state index contributed by atoms with van der Waals surface area (Å²) in [7, 11) is 6.96. The van der Waals surface area contributed by atoms with E-state index in [1.54, 1.807) is 19.0 Å². The van der Waals surface area contributed by atoms with Crippen LogP contribution in [-0.4, -0.2) is 82.5 Å². The third-order valence-corrected chi connectivity index (χ3v) is 8.89. The average molecular weight is 561 g/mol. The third-order valence-electron chi connectivity index (χ3n) is 8.89. The third kappa shape index (κ3) is 4.26. The van der Waals surface area contributed by atoms with Crippen LogP contribution in [0, 0.1) is 11.8 Å². The maximum Gasteiger partial charge on any atom is 0.202 e. The van der Waals surface area contributed by atoms with Gasteiger partial charge in [0.2, 0.25) is 5.78 Å². The van der Waals surface area contributed by atoms with Gasteiger partial charge in [0.25, 0.3) is 0 Å². The first-order valence-electron chi connectivity index (χ1n) is 13.8. The molecular weight excluding hydrogens is 524 g/mol. The number of aryl methyl sites for hydroxylation is 2. The molecule has 1 fully saturated rings. The van der Waals surface area contributed by atoms with E-state index in [9.17, 15) is 34.8 Å². The summed E-state index contributed by atoms with van der Waals surface area (Å²) in [6.07, 6.45) is 1.49. The predicted octanol–water partition coefficient (Wildman–Crippen LogP) is 2.92. The number of hydrogen-bond donors (Lipinski definition) is 4. The van der Waals surface area contributed by atoms with Gasteiger partial charge in [-0.3, -0.25) is 19.3 Å². The molecule has 3 aliphatic carbocycles. The Hall–Kier alpha value is -3.95. The number of phenolic OH excluding ortho intramolecular Hbond substituents is 1. The van der Waals surface area contributed by atoms with Crippen LogP contribution < -0.4 is 4.90 Å². The SMILES string of the molecule is CC(=O)C1=C(O)[C@@]2(O)C(=O)C3=C(O)c4c(O)c(CCc5ccccc5)cc(N(C)C)c4C[C@H]3C[C@H]2[C@H](N(C)C)C1=O. The second kappa shape index (κ2) is 10.2. The standard InChI is InChI=1S/C32H36N2O7/c1-16(35)23-29(38)26(34(4)5)21-14-19-13-20-22(33(2)3)15-18(12-11-17-9-7-6-8-10-17)27(36)25(20)28(37)24(19)31(40)32(21,41)30(23)39/h6-10,15,19,21,26,36-37,39,41H,11-14H2,1-5H3/t19-,21-,26-,32+/m0/s1. The molecule has 3 aliphatic rings. The van der Waals surface area contributed by atoms with Crippen molar-refractivity contribution in [2.45, 2.75) is 44.2 Å². The van der Waals surface area contributed by atoms with Gasteiger partial charge in [0.05, 0.1) is 11.6 Å². The van der Waals surface area contributed by atoms with Crippen molar-refractivity contribution in [1.82, 2.24) is 4.90 Å². The van der Waals surface area contributed by atoms with Crippen molar-refractivity contribution in [2.24, 2.45) is 11.8 Å². The van der Waals surface area contributed by atoms with Crippen molar-refractivity contribution < 1.29 is 34.8 Å². The smallest absolute Gasteiger partial charge is 0.202 e. The van der Waals surface area contributed by atoms with Gasteiger partial charge in [-0.2, -0.15) is 0 Å². The molecule has 0 spiro atoms. The lowest BCUT2D eigenvalue weighted by atomic mass is 9.57. The van der Waals surface area contributed by atoms with Crippen LogP contribution >= 0.6 is 0 Å². The number of ketones is 3. The molecule has 0 aliphatic heterocycles. The molecule has 4 N–H and O–H groups in total. The first-order chi connectivity index (χ1) is 19.3. The van der Waals surface area contributed by atoms with Gasteiger partial charge in [-0.05, 0) is 75.4 Å². The summed E-state index contributed by atoms with van der Waals surface area (Å²) in [6, 6.07) is 10.7. The minimum atomic E-state index is -2.58. The Morgan fingerprint density at radius 2 is 1.68 bits per heavy atom. The number of nitrogens with zero attached hydrogens (tertiary/aromatic N) is 2. The van der Waals surface area contributed by atoms with Crippen molar-refractivity contribution in [3.8, 4) is 5.75 Å². The molecule has 9 nitrogen and oxygen atoms in total. The van der Waals surface area contributed by atoms with Gasteiger partial charge in [0, 0.05) is 31.3 Å². The molecule has 5 rings (SSSR count). The second-order valence-electron chi connectivity index (χ2n) is 11.8. The molecule has 41 heavy (non-hydrogen) atoms. The number of benzene rings is 2. The van der Waals surface area contributed by atoms with E-state index in [4.69, 9.17) is 0 Å². The molecule has 0 saturated heterocycles. The lowest BCUT2D eigenvalue weighted by Gasteiger charge is -2.50. The lowest BCUT2D eigenvalue weighted by Crippen LogP contribution is -2.65. The summed E-state index contributed by atoms with van der Waals surface area (Å²) < 4.78 is 0. The number of likely N-dealkylation sites (N-methyl/N-ethyl adjacent to an activating group) is 1. The minimum absolute atomic E-state index is 0.0916. The number of rotatable bonds is 6. The Morgan fingerprint density at radius 1 is 1.02 bits per heavy atom. The zero-order valence-electron chi connectivity index (χ0n) is 23.9. The molecule has 2 aromatic rings. The van der Waals surface area contributed by atoms with Gasteiger partial charge in [0.1, 0.15) is 22.8 Å². The maximum atomic E-state index is 14.1. The Labute approximate surface area is 239 Å². The van der Waals surface area contributed by atoms with E-state index in [0.717, 1.165) is 18.2 Å². The Morgan fingerprint density at radius 3 is 2.27 bits per heavy atom. The van der Waals surface area contributed by atoms with Gasteiger partial charge in [0.15, 0.2) is 17.2 Å². The minimum Gasteiger partial charge on any atom is -0.508 e. The molecule has 2 aromatic carbocycles. The van der Waals surface area contributed by atoms with E-state index < -0.39 is 57.9 Å². The summed E-state index contributed by atoms with van der Waals surface area (Å²) >= 11 is 0. The Bertz CT molecular complexity index is 1520. The summed E-state index contributed by atoms with van der Waals surface area (Å²) in [5.41, 5.74) is -0.0408. The number of aliphatic hydroxyl groups excluding tert-OH is 2. The topological polar surface area (TPSA) is 139 Å². The summed E-state index contributed by atoms with van der Waals surface area (Å²) in [5, 5.41) is 46.0. The highest BCUT2D eigenvalue weighted by molar-refractivity contribution is 6.25. The van der Waals surface area contributed by atoms with Crippen LogP contribution in [0.25, 0.3) is 5.76 Å². The number of Topliss-reactive ketones (excluding diaryl/α,β-unsaturated/α-hetero) is 3. The molecule has 0 bridgehead atoms. The maximum absolute atomic E-state index is 14.1. The highest BCUT2D eigenvalue weighted by Crippen LogP contribution is 2.54. The molecule has 9 heteroatoms. The Balaban J connectivity index is 1.68. The van der Waals surface area contributed by atoms with E-state index in [1.165, 1.54) is 0 Å². The van der Waals surface area contributed by atoms with Gasteiger partial charge >= 0.3 is 0 Å².